The van der Waals surface area contributed by atoms with E-state index in [4.69, 9.17) is 5.73 Å². The van der Waals surface area contributed by atoms with Gasteiger partial charge in [0.05, 0.1) is 7.11 Å². The Balaban J connectivity index is 0.00000196. The van der Waals surface area contributed by atoms with Crippen LogP contribution in [0.25, 0.3) is 0 Å². The molecule has 3 nitrogen and oxygen atoms in total. The van der Waals surface area contributed by atoms with Gasteiger partial charge in [0.15, 0.2) is 0 Å². The summed E-state index contributed by atoms with van der Waals surface area (Å²) in [5, 5.41) is 0. The molecule has 1 aromatic rings. The molecule has 0 radical (unpaired) electrons. The Labute approximate surface area is 111 Å². The van der Waals surface area contributed by atoms with Crippen molar-refractivity contribution >= 4 is 50.2 Å². The van der Waals surface area contributed by atoms with Gasteiger partial charge in [0.25, 0.3) is 0 Å². The highest BCUT2D eigenvalue weighted by Gasteiger charge is 2.16. The molecular weight excluding hydrogens is 349 g/mol. The van der Waals surface area contributed by atoms with Gasteiger partial charge >= 0.3 is 5.97 Å². The van der Waals surface area contributed by atoms with E-state index in [1.165, 1.54) is 7.11 Å². The second-order valence-corrected chi connectivity index (χ2v) is 4.38. The Morgan fingerprint density at radius 2 is 2.00 bits per heavy atom. The maximum atomic E-state index is 11.1. The van der Waals surface area contributed by atoms with Gasteiger partial charge in [-0.05, 0) is 49.6 Å². The molecule has 2 N–H and O–H groups in total. The summed E-state index contributed by atoms with van der Waals surface area (Å²) in [4.78, 5) is 11.1. The van der Waals surface area contributed by atoms with Crippen LogP contribution in [0.2, 0.25) is 0 Å². The van der Waals surface area contributed by atoms with Crippen LogP contribution in [0.3, 0.4) is 0 Å². The maximum Gasteiger partial charge on any atom is 0.327 e. The lowest BCUT2D eigenvalue weighted by Gasteiger charge is -2.10. The molecule has 0 aromatic heterocycles. The number of hydrogen-bond donors (Lipinski definition) is 1. The third-order valence-corrected chi connectivity index (χ3v) is 3.64. The molecule has 15 heavy (non-hydrogen) atoms. The van der Waals surface area contributed by atoms with Crippen LogP contribution in [0.4, 0.5) is 0 Å². The first kappa shape index (κ1) is 14.9. The molecule has 0 aliphatic heterocycles. The fourth-order valence-corrected chi connectivity index (χ4v) is 1.61. The number of carbonyl (C=O) groups is 1. The fourth-order valence-electron chi connectivity index (χ4n) is 0.969. The van der Waals surface area contributed by atoms with Crippen LogP contribution in [0, 0.1) is 0 Å². The summed E-state index contributed by atoms with van der Waals surface area (Å²) < 4.78 is 6.32. The summed E-state index contributed by atoms with van der Waals surface area (Å²) in [5.74, 6) is -0.445. The summed E-state index contributed by atoms with van der Waals surface area (Å²) in [6.45, 7) is 0. The first-order valence-electron chi connectivity index (χ1n) is 3.84. The number of methoxy groups -OCH3 is 1. The molecule has 0 fully saturated rings. The van der Waals surface area contributed by atoms with Crippen LogP contribution in [0.1, 0.15) is 11.6 Å². The predicted octanol–water partition coefficient (Wildman–Crippen LogP) is 2.81. The normalized spacial score (nSPS) is 11.5. The summed E-state index contributed by atoms with van der Waals surface area (Å²) >= 11 is 6.66. The highest BCUT2D eigenvalue weighted by molar-refractivity contribution is 9.13. The van der Waals surface area contributed by atoms with Crippen molar-refractivity contribution < 1.29 is 9.53 Å². The molecule has 0 amide bonds. The monoisotopic (exact) mass is 357 g/mol. The van der Waals surface area contributed by atoms with E-state index in [2.05, 4.69) is 36.6 Å². The van der Waals surface area contributed by atoms with Gasteiger partial charge in [-0.15, -0.1) is 12.4 Å². The van der Waals surface area contributed by atoms with E-state index >= 15 is 0 Å². The zero-order valence-corrected chi connectivity index (χ0v) is 11.9. The van der Waals surface area contributed by atoms with Gasteiger partial charge in [-0.3, -0.25) is 4.79 Å². The largest absolute Gasteiger partial charge is 0.468 e. The van der Waals surface area contributed by atoms with Crippen molar-refractivity contribution in [2.45, 2.75) is 6.04 Å². The minimum Gasteiger partial charge on any atom is -0.468 e. The number of nitrogens with two attached hydrogens (primary N) is 1. The molecule has 0 aliphatic carbocycles. The Hall–Kier alpha value is -0.100. The van der Waals surface area contributed by atoms with E-state index < -0.39 is 12.0 Å². The van der Waals surface area contributed by atoms with Crippen molar-refractivity contribution in [1.82, 2.24) is 0 Å². The average Bonchev–Trinajstić information content (AvgIpc) is 2.20. The van der Waals surface area contributed by atoms with Gasteiger partial charge < -0.3 is 10.5 Å². The number of ether oxygens (including phenoxy) is 1. The molecule has 6 heteroatoms. The fraction of sp³-hybridized carbons (Fsp3) is 0.222. The number of rotatable bonds is 2. The zero-order chi connectivity index (χ0) is 10.7. The SMILES string of the molecule is COC(=O)[C@H](N)c1ccc(Br)c(Br)c1.Cl. The minimum atomic E-state index is -0.732. The van der Waals surface area contributed by atoms with E-state index in [-0.39, 0.29) is 12.4 Å². The highest BCUT2D eigenvalue weighted by Crippen LogP contribution is 2.26. The van der Waals surface area contributed by atoms with E-state index in [9.17, 15) is 4.79 Å². The smallest absolute Gasteiger partial charge is 0.327 e. The van der Waals surface area contributed by atoms with Crippen molar-refractivity contribution in [3.05, 3.63) is 32.7 Å². The van der Waals surface area contributed by atoms with Crippen LogP contribution < -0.4 is 5.73 Å². The summed E-state index contributed by atoms with van der Waals surface area (Å²) in [6.07, 6.45) is 0. The molecule has 0 aliphatic rings. The van der Waals surface area contributed by atoms with Crippen molar-refractivity contribution in [2.24, 2.45) is 5.73 Å². The molecule has 0 spiro atoms. The molecule has 1 aromatic carbocycles. The maximum absolute atomic E-state index is 11.1. The third kappa shape index (κ3) is 3.75. The summed E-state index contributed by atoms with van der Waals surface area (Å²) in [7, 11) is 1.32. The van der Waals surface area contributed by atoms with E-state index in [1.54, 1.807) is 12.1 Å². The van der Waals surface area contributed by atoms with Gasteiger partial charge in [-0.2, -0.15) is 0 Å². The van der Waals surface area contributed by atoms with Crippen molar-refractivity contribution in [3.63, 3.8) is 0 Å². The van der Waals surface area contributed by atoms with Crippen molar-refractivity contribution in [2.75, 3.05) is 7.11 Å². The molecular formula is C9H10Br2ClNO2. The first-order chi connectivity index (χ1) is 6.56. The quantitative estimate of drug-likeness (QED) is 0.826. The summed E-state index contributed by atoms with van der Waals surface area (Å²) in [6, 6.07) is 4.65. The first-order valence-corrected chi connectivity index (χ1v) is 5.43. The van der Waals surface area contributed by atoms with E-state index in [0.717, 1.165) is 8.95 Å². The number of halogens is 3. The van der Waals surface area contributed by atoms with Crippen LogP contribution in [0.5, 0.6) is 0 Å². The van der Waals surface area contributed by atoms with Crippen LogP contribution in [-0.4, -0.2) is 13.1 Å². The minimum absolute atomic E-state index is 0. The molecule has 1 atom stereocenters. The van der Waals surface area contributed by atoms with E-state index in [1.807, 2.05) is 6.07 Å². The number of esters is 1. The van der Waals surface area contributed by atoms with Crippen LogP contribution >= 0.6 is 44.3 Å². The lowest BCUT2D eigenvalue weighted by atomic mass is 10.1. The van der Waals surface area contributed by atoms with Gasteiger partial charge in [-0.25, -0.2) is 0 Å². The van der Waals surface area contributed by atoms with Crippen LogP contribution in [0.15, 0.2) is 27.1 Å². The molecule has 0 saturated carbocycles. The molecule has 0 unspecified atom stereocenters. The number of hydrogen-bond acceptors (Lipinski definition) is 3. The second-order valence-electron chi connectivity index (χ2n) is 2.67. The standard InChI is InChI=1S/C9H9Br2NO2.ClH/c1-14-9(13)8(12)5-2-3-6(10)7(11)4-5;/h2-4,8H,12H2,1H3;1H/t8-;/m1./s1. The molecule has 0 bridgehead atoms. The topological polar surface area (TPSA) is 52.3 Å². The average molecular weight is 359 g/mol. The number of carbonyl (C=O) groups excluding carboxylic acids is 1. The Morgan fingerprint density at radius 1 is 1.40 bits per heavy atom. The lowest BCUT2D eigenvalue weighted by Crippen LogP contribution is -2.22. The van der Waals surface area contributed by atoms with Crippen molar-refractivity contribution in [3.8, 4) is 0 Å². The van der Waals surface area contributed by atoms with Gasteiger partial charge in [-0.1, -0.05) is 6.07 Å². The van der Waals surface area contributed by atoms with Crippen LogP contribution in [-0.2, 0) is 9.53 Å². The Kier molecular flexibility index (Phi) is 6.43. The van der Waals surface area contributed by atoms with Gasteiger partial charge in [0.2, 0.25) is 0 Å². The van der Waals surface area contributed by atoms with E-state index in [0.29, 0.717) is 5.56 Å². The van der Waals surface area contributed by atoms with Gasteiger partial charge in [0, 0.05) is 8.95 Å². The number of benzene rings is 1. The predicted molar refractivity (Wildman–Crippen MR) is 68.0 cm³/mol. The molecule has 0 saturated heterocycles. The second kappa shape index (κ2) is 6.48. The summed E-state index contributed by atoms with van der Waals surface area (Å²) in [5.41, 5.74) is 6.37. The molecule has 0 heterocycles. The third-order valence-electron chi connectivity index (χ3n) is 1.76. The Morgan fingerprint density at radius 3 is 2.47 bits per heavy atom. The highest BCUT2D eigenvalue weighted by atomic mass is 79.9. The van der Waals surface area contributed by atoms with Crippen molar-refractivity contribution in [1.29, 1.82) is 0 Å². The zero-order valence-electron chi connectivity index (χ0n) is 7.87. The Bertz CT molecular complexity index is 360. The molecule has 1 rings (SSSR count). The van der Waals surface area contributed by atoms with Gasteiger partial charge in [0.1, 0.15) is 6.04 Å². The lowest BCUT2D eigenvalue weighted by molar-refractivity contribution is -0.142. The molecule has 84 valence electrons.